The first kappa shape index (κ1) is 17.5. The van der Waals surface area contributed by atoms with Crippen LogP contribution in [0.3, 0.4) is 0 Å². The van der Waals surface area contributed by atoms with Crippen molar-refractivity contribution >= 4 is 21.4 Å². The molecule has 0 bridgehead atoms. The number of rotatable bonds is 6. The summed E-state index contributed by atoms with van der Waals surface area (Å²) in [6.07, 6.45) is 0.504. The molecule has 1 atom stereocenters. The molecule has 0 fully saturated rings. The van der Waals surface area contributed by atoms with Crippen molar-refractivity contribution < 1.29 is 22.0 Å². The second kappa shape index (κ2) is 6.95. The highest BCUT2D eigenvalue weighted by Crippen LogP contribution is 2.20. The first-order valence-corrected chi connectivity index (χ1v) is 7.87. The Hall–Kier alpha value is -1.54. The van der Waals surface area contributed by atoms with E-state index in [1.54, 1.807) is 0 Å². The minimum Gasteiger partial charge on any atom is -0.325 e. The van der Waals surface area contributed by atoms with E-state index in [0.717, 1.165) is 12.1 Å². The quantitative estimate of drug-likeness (QED) is 0.839. The zero-order valence-electron chi connectivity index (χ0n) is 11.7. The molecule has 8 heteroatoms. The topological polar surface area (TPSA) is 89.3 Å². The summed E-state index contributed by atoms with van der Waals surface area (Å²) in [6, 6.07) is 3.84. The molecule has 0 saturated carbocycles. The van der Waals surface area contributed by atoms with Crippen LogP contribution in [0.25, 0.3) is 0 Å². The summed E-state index contributed by atoms with van der Waals surface area (Å²) in [4.78, 5) is 11.3. The maximum atomic E-state index is 12.4. The van der Waals surface area contributed by atoms with Gasteiger partial charge in [-0.15, -0.1) is 0 Å². The third kappa shape index (κ3) is 4.75. The number of benzene rings is 1. The van der Waals surface area contributed by atoms with Gasteiger partial charge in [-0.3, -0.25) is 4.79 Å². The molecule has 0 aliphatic rings. The van der Waals surface area contributed by atoms with E-state index < -0.39 is 32.4 Å². The molecule has 0 aliphatic heterocycles. The van der Waals surface area contributed by atoms with Crippen LogP contribution in [0, 0.1) is 5.92 Å². The van der Waals surface area contributed by atoms with Gasteiger partial charge in [0, 0.05) is 5.69 Å². The summed E-state index contributed by atoms with van der Waals surface area (Å²) < 4.78 is 47.2. The van der Waals surface area contributed by atoms with Gasteiger partial charge in [-0.05, 0) is 36.6 Å². The number of amides is 1. The fourth-order valence-corrected chi connectivity index (χ4v) is 2.40. The van der Waals surface area contributed by atoms with Crippen LogP contribution in [0.1, 0.15) is 20.3 Å². The lowest BCUT2D eigenvalue weighted by Crippen LogP contribution is -2.36. The third-order valence-corrected chi connectivity index (χ3v) is 4.15. The standard InChI is InChI=1S/C13H18F2N2O3S/c1-8(2)7-11(16)12(18)17-9-3-5-10(6-4-9)21(19,20)13(14)15/h3-6,8,11,13H,7,16H2,1-2H3,(H,17,18)/t11-/m1/s1. The molecular weight excluding hydrogens is 302 g/mol. The Balaban J connectivity index is 2.78. The molecule has 118 valence electrons. The SMILES string of the molecule is CC(C)C[C@@H](N)C(=O)Nc1ccc(S(=O)(=O)C(F)F)cc1. The van der Waals surface area contributed by atoms with E-state index in [1.807, 2.05) is 13.8 Å². The van der Waals surface area contributed by atoms with Gasteiger partial charge in [0.15, 0.2) is 0 Å². The van der Waals surface area contributed by atoms with Crippen molar-refractivity contribution in [3.8, 4) is 0 Å². The van der Waals surface area contributed by atoms with Crippen molar-refractivity contribution in [1.82, 2.24) is 0 Å². The second-order valence-electron chi connectivity index (χ2n) is 5.06. The Labute approximate surface area is 122 Å². The lowest BCUT2D eigenvalue weighted by molar-refractivity contribution is -0.117. The van der Waals surface area contributed by atoms with E-state index >= 15 is 0 Å². The first-order valence-electron chi connectivity index (χ1n) is 6.33. The molecule has 1 rings (SSSR count). The van der Waals surface area contributed by atoms with Gasteiger partial charge in [0.2, 0.25) is 15.7 Å². The average Bonchev–Trinajstić information content (AvgIpc) is 2.38. The van der Waals surface area contributed by atoms with E-state index in [0.29, 0.717) is 12.1 Å². The van der Waals surface area contributed by atoms with Crippen molar-refractivity contribution in [3.63, 3.8) is 0 Å². The number of halogens is 2. The van der Waals surface area contributed by atoms with Crippen LogP contribution in [0.15, 0.2) is 29.2 Å². The summed E-state index contributed by atoms with van der Waals surface area (Å²) >= 11 is 0. The van der Waals surface area contributed by atoms with Crippen molar-refractivity contribution in [1.29, 1.82) is 0 Å². The molecule has 1 amide bonds. The number of nitrogens with one attached hydrogen (secondary N) is 1. The van der Waals surface area contributed by atoms with E-state index in [2.05, 4.69) is 5.32 Å². The summed E-state index contributed by atoms with van der Waals surface area (Å²) in [7, 11) is -4.63. The van der Waals surface area contributed by atoms with Crippen molar-refractivity contribution in [3.05, 3.63) is 24.3 Å². The molecule has 0 aromatic heterocycles. The number of carbonyl (C=O) groups excluding carboxylic acids is 1. The van der Waals surface area contributed by atoms with Crippen molar-refractivity contribution in [2.45, 2.75) is 37.0 Å². The Morgan fingerprint density at radius 2 is 1.76 bits per heavy atom. The Morgan fingerprint density at radius 3 is 2.19 bits per heavy atom. The molecule has 0 aliphatic carbocycles. The van der Waals surface area contributed by atoms with Crippen LogP contribution < -0.4 is 11.1 Å². The van der Waals surface area contributed by atoms with E-state index in [4.69, 9.17) is 5.73 Å². The van der Waals surface area contributed by atoms with E-state index in [9.17, 15) is 22.0 Å². The average molecular weight is 320 g/mol. The number of hydrogen-bond donors (Lipinski definition) is 2. The van der Waals surface area contributed by atoms with Crippen LogP contribution in [0.4, 0.5) is 14.5 Å². The van der Waals surface area contributed by atoms with Gasteiger partial charge in [0.1, 0.15) is 0 Å². The maximum absolute atomic E-state index is 12.4. The summed E-state index contributed by atoms with van der Waals surface area (Å²) in [6.45, 7) is 3.86. The number of anilines is 1. The number of carbonyl (C=O) groups is 1. The zero-order valence-corrected chi connectivity index (χ0v) is 12.5. The van der Waals surface area contributed by atoms with E-state index in [1.165, 1.54) is 12.1 Å². The van der Waals surface area contributed by atoms with Crippen molar-refractivity contribution in [2.24, 2.45) is 11.7 Å². The molecule has 21 heavy (non-hydrogen) atoms. The Kier molecular flexibility index (Phi) is 5.79. The predicted octanol–water partition coefficient (Wildman–Crippen LogP) is 1.99. The minimum atomic E-state index is -4.63. The Morgan fingerprint density at radius 1 is 1.24 bits per heavy atom. The van der Waals surface area contributed by atoms with Crippen LogP contribution in [-0.2, 0) is 14.6 Å². The molecule has 1 aromatic carbocycles. The maximum Gasteiger partial charge on any atom is 0.341 e. The zero-order chi connectivity index (χ0) is 16.2. The molecule has 0 heterocycles. The predicted molar refractivity (Wildman–Crippen MR) is 75.7 cm³/mol. The smallest absolute Gasteiger partial charge is 0.325 e. The number of nitrogens with two attached hydrogens (primary N) is 1. The highest BCUT2D eigenvalue weighted by Gasteiger charge is 2.26. The molecule has 0 radical (unpaired) electrons. The number of hydrogen-bond acceptors (Lipinski definition) is 4. The molecule has 1 aromatic rings. The Bertz CT molecular complexity index is 586. The first-order chi connectivity index (χ1) is 9.64. The fraction of sp³-hybridized carbons (Fsp3) is 0.462. The molecular formula is C13H18F2N2O3S. The van der Waals surface area contributed by atoms with Gasteiger partial charge in [-0.2, -0.15) is 8.78 Å². The minimum absolute atomic E-state index is 0.254. The molecule has 0 unspecified atom stereocenters. The molecule has 3 N–H and O–H groups in total. The van der Waals surface area contributed by atoms with Gasteiger partial charge in [0.05, 0.1) is 10.9 Å². The van der Waals surface area contributed by atoms with Gasteiger partial charge in [0.25, 0.3) is 0 Å². The fourth-order valence-electron chi connectivity index (χ4n) is 1.68. The second-order valence-corrected chi connectivity index (χ2v) is 6.97. The monoisotopic (exact) mass is 320 g/mol. The molecule has 5 nitrogen and oxygen atoms in total. The van der Waals surface area contributed by atoms with E-state index in [-0.39, 0.29) is 5.92 Å². The normalized spacial score (nSPS) is 13.5. The number of alkyl halides is 2. The summed E-state index contributed by atoms with van der Waals surface area (Å²) in [5, 5.41) is 2.51. The van der Waals surface area contributed by atoms with Crippen LogP contribution in [0.2, 0.25) is 0 Å². The van der Waals surface area contributed by atoms with Gasteiger partial charge < -0.3 is 11.1 Å². The van der Waals surface area contributed by atoms with Gasteiger partial charge >= 0.3 is 5.76 Å². The van der Waals surface area contributed by atoms with Crippen LogP contribution in [-0.4, -0.2) is 26.1 Å². The number of sulfone groups is 1. The van der Waals surface area contributed by atoms with Crippen LogP contribution >= 0.6 is 0 Å². The lowest BCUT2D eigenvalue weighted by atomic mass is 10.0. The highest BCUT2D eigenvalue weighted by molar-refractivity contribution is 7.91. The third-order valence-electron chi connectivity index (χ3n) is 2.75. The molecule has 0 saturated heterocycles. The molecule has 0 spiro atoms. The largest absolute Gasteiger partial charge is 0.341 e. The highest BCUT2D eigenvalue weighted by atomic mass is 32.2. The van der Waals surface area contributed by atoms with Crippen LogP contribution in [0.5, 0.6) is 0 Å². The lowest BCUT2D eigenvalue weighted by Gasteiger charge is -2.14. The van der Waals surface area contributed by atoms with Crippen molar-refractivity contribution in [2.75, 3.05) is 5.32 Å². The summed E-state index contributed by atoms with van der Waals surface area (Å²) in [5.74, 6) is -3.63. The van der Waals surface area contributed by atoms with Gasteiger partial charge in [-0.1, -0.05) is 13.8 Å². The van der Waals surface area contributed by atoms with Gasteiger partial charge in [-0.25, -0.2) is 8.42 Å². The summed E-state index contributed by atoms with van der Waals surface area (Å²) in [5.41, 5.74) is 6.00.